The van der Waals surface area contributed by atoms with Crippen molar-refractivity contribution in [1.29, 1.82) is 0 Å². The van der Waals surface area contributed by atoms with Gasteiger partial charge < -0.3 is 0 Å². The number of hydrogen-bond acceptors (Lipinski definition) is 1. The Balaban J connectivity index is 1.61. The van der Waals surface area contributed by atoms with E-state index in [1.807, 2.05) is 0 Å². The Morgan fingerprint density at radius 3 is 2.58 bits per heavy atom. The van der Waals surface area contributed by atoms with Gasteiger partial charge in [0.05, 0.1) is 4.43 Å². The van der Waals surface area contributed by atoms with Crippen LogP contribution in [0.25, 0.3) is 0 Å². The number of Topliss-reactive ketones (excluding diaryl/α,β-unsaturated/α-hetero) is 1. The number of carbonyl (C=O) groups excluding carboxylic acids is 1. The zero-order chi connectivity index (χ0) is 13.6. The first kappa shape index (κ1) is 13.1. The van der Waals surface area contributed by atoms with Gasteiger partial charge in [-0.15, -0.1) is 0 Å². The topological polar surface area (TPSA) is 17.1 Å². The second-order valence-corrected chi connectivity index (χ2v) is 9.36. The third kappa shape index (κ3) is 1.31. The van der Waals surface area contributed by atoms with Gasteiger partial charge in [-0.1, -0.05) is 43.4 Å². The van der Waals surface area contributed by atoms with Crippen molar-refractivity contribution in [2.24, 2.45) is 39.9 Å². The van der Waals surface area contributed by atoms with E-state index in [1.165, 1.54) is 25.7 Å². The smallest absolute Gasteiger partial charge is 0.142 e. The lowest BCUT2D eigenvalue weighted by Gasteiger charge is -2.58. The van der Waals surface area contributed by atoms with Crippen LogP contribution >= 0.6 is 22.6 Å². The van der Waals surface area contributed by atoms with E-state index in [2.05, 4.69) is 43.4 Å². The van der Waals surface area contributed by atoms with Gasteiger partial charge in [0.25, 0.3) is 0 Å². The predicted molar refractivity (Wildman–Crippen MR) is 85.3 cm³/mol. The summed E-state index contributed by atoms with van der Waals surface area (Å²) in [6.07, 6.45) is 6.77. The summed E-state index contributed by atoms with van der Waals surface area (Å²) in [4.78, 5) is 11.9. The highest BCUT2D eigenvalue weighted by molar-refractivity contribution is 14.1. The molecular formula is C17H25IO. The second kappa shape index (κ2) is 3.59. The Kier molecular flexibility index (Phi) is 2.47. The molecule has 4 saturated carbocycles. The summed E-state index contributed by atoms with van der Waals surface area (Å²) in [6.45, 7) is 7.35. The van der Waals surface area contributed by atoms with Gasteiger partial charge in [0.15, 0.2) is 0 Å². The summed E-state index contributed by atoms with van der Waals surface area (Å²) in [5.41, 5.74) is 1.97. The molecule has 4 rings (SSSR count). The first-order valence-corrected chi connectivity index (χ1v) is 9.50. The summed E-state index contributed by atoms with van der Waals surface area (Å²) < 4.78 is 0.694. The zero-order valence-electron chi connectivity index (χ0n) is 12.3. The van der Waals surface area contributed by atoms with Gasteiger partial charge in [-0.05, 0) is 65.6 Å². The van der Waals surface area contributed by atoms with E-state index in [4.69, 9.17) is 0 Å². The molecule has 0 aromatic carbocycles. The summed E-state index contributed by atoms with van der Waals surface area (Å²) in [6, 6.07) is 0. The van der Waals surface area contributed by atoms with Crippen molar-refractivity contribution in [2.45, 2.75) is 52.9 Å². The molecule has 4 aliphatic rings. The third-order valence-corrected chi connectivity index (χ3v) is 8.33. The third-order valence-electron chi connectivity index (χ3n) is 7.48. The van der Waals surface area contributed by atoms with E-state index >= 15 is 0 Å². The molecule has 19 heavy (non-hydrogen) atoms. The molecule has 0 aliphatic heterocycles. The monoisotopic (exact) mass is 372 g/mol. The summed E-state index contributed by atoms with van der Waals surface area (Å²) >= 11 is 2.22. The molecule has 3 unspecified atom stereocenters. The van der Waals surface area contributed by atoms with Crippen molar-refractivity contribution >= 4 is 28.4 Å². The van der Waals surface area contributed by atoms with E-state index in [0.29, 0.717) is 27.0 Å². The fraction of sp³-hybridized carbons (Fsp3) is 0.941. The molecule has 0 heterocycles. The van der Waals surface area contributed by atoms with Gasteiger partial charge in [-0.25, -0.2) is 0 Å². The molecule has 0 bridgehead atoms. The number of halogens is 1. The van der Waals surface area contributed by atoms with Crippen molar-refractivity contribution < 1.29 is 4.79 Å². The van der Waals surface area contributed by atoms with Crippen molar-refractivity contribution in [3.05, 3.63) is 0 Å². The van der Waals surface area contributed by atoms with Crippen LogP contribution in [0.3, 0.4) is 0 Å². The minimum absolute atomic E-state index is 0.461. The number of ketones is 1. The molecule has 1 nitrogen and oxygen atoms in total. The van der Waals surface area contributed by atoms with Gasteiger partial charge in [-0.2, -0.15) is 0 Å². The molecule has 0 radical (unpaired) electrons. The van der Waals surface area contributed by atoms with Gasteiger partial charge >= 0.3 is 0 Å². The van der Waals surface area contributed by atoms with Crippen molar-refractivity contribution in [1.82, 2.24) is 0 Å². The maximum Gasteiger partial charge on any atom is 0.142 e. The first-order chi connectivity index (χ1) is 8.90. The SMILES string of the molecule is CC(CC(=O)CI)C1C(C)(C)C[C@H]2CC[C@]23C2C[C@]123. The minimum Gasteiger partial charge on any atom is -0.299 e. The summed E-state index contributed by atoms with van der Waals surface area (Å²) in [7, 11) is 0. The molecule has 0 saturated heterocycles. The van der Waals surface area contributed by atoms with Crippen LogP contribution < -0.4 is 0 Å². The Labute approximate surface area is 130 Å². The molecule has 0 aromatic rings. The maximum absolute atomic E-state index is 11.9. The van der Waals surface area contributed by atoms with Crippen LogP contribution in [-0.2, 0) is 4.79 Å². The van der Waals surface area contributed by atoms with Crippen LogP contribution in [0.15, 0.2) is 0 Å². The highest BCUT2D eigenvalue weighted by Gasteiger charge is 2.96. The fourth-order valence-electron chi connectivity index (χ4n) is 7.18. The summed E-state index contributed by atoms with van der Waals surface area (Å²) in [5, 5.41) is 0. The highest BCUT2D eigenvalue weighted by atomic mass is 127. The number of carbonyl (C=O) groups is 1. The van der Waals surface area contributed by atoms with E-state index in [-0.39, 0.29) is 0 Å². The molecule has 2 heteroatoms. The maximum atomic E-state index is 11.9. The highest BCUT2D eigenvalue weighted by Crippen LogP contribution is 3.01. The number of rotatable bonds is 4. The zero-order valence-corrected chi connectivity index (χ0v) is 14.5. The number of hydrogen-bond donors (Lipinski definition) is 0. The fourth-order valence-corrected chi connectivity index (χ4v) is 7.49. The Morgan fingerprint density at radius 1 is 1.32 bits per heavy atom. The van der Waals surface area contributed by atoms with Gasteiger partial charge in [-0.3, -0.25) is 4.79 Å². The van der Waals surface area contributed by atoms with Crippen LogP contribution in [0.5, 0.6) is 0 Å². The van der Waals surface area contributed by atoms with E-state index < -0.39 is 0 Å². The van der Waals surface area contributed by atoms with Crippen LogP contribution in [0.4, 0.5) is 0 Å². The average molecular weight is 372 g/mol. The van der Waals surface area contributed by atoms with Gasteiger partial charge in [0, 0.05) is 6.42 Å². The Morgan fingerprint density at radius 2 is 2.05 bits per heavy atom. The molecular weight excluding hydrogens is 347 g/mol. The molecule has 0 N–H and O–H groups in total. The van der Waals surface area contributed by atoms with Crippen molar-refractivity contribution in [2.75, 3.05) is 4.43 Å². The minimum atomic E-state index is 0.461. The molecule has 4 aliphatic carbocycles. The predicted octanol–water partition coefficient (Wildman–Crippen LogP) is 4.48. The van der Waals surface area contributed by atoms with E-state index in [1.54, 1.807) is 0 Å². The number of alkyl halides is 1. The molecule has 106 valence electrons. The van der Waals surface area contributed by atoms with E-state index in [9.17, 15) is 4.79 Å². The molecule has 4 fully saturated rings. The quantitative estimate of drug-likeness (QED) is 0.525. The van der Waals surface area contributed by atoms with Crippen molar-refractivity contribution in [3.8, 4) is 0 Å². The van der Waals surface area contributed by atoms with Crippen LogP contribution in [0.2, 0.25) is 0 Å². The second-order valence-electron chi connectivity index (χ2n) is 8.60. The Hall–Kier alpha value is 0.400. The summed E-state index contributed by atoms with van der Waals surface area (Å²) in [5.74, 6) is 3.99. The molecule has 6 atom stereocenters. The molecule has 2 spiro atoms. The van der Waals surface area contributed by atoms with Crippen molar-refractivity contribution in [3.63, 3.8) is 0 Å². The molecule has 0 aromatic heterocycles. The lowest BCUT2D eigenvalue weighted by atomic mass is 9.46. The van der Waals surface area contributed by atoms with Gasteiger partial charge in [0.2, 0.25) is 0 Å². The van der Waals surface area contributed by atoms with Crippen LogP contribution in [-0.4, -0.2) is 10.2 Å². The van der Waals surface area contributed by atoms with E-state index in [0.717, 1.165) is 29.6 Å². The largest absolute Gasteiger partial charge is 0.299 e. The average Bonchev–Trinajstić information content (AvgIpc) is 3.12. The lowest BCUT2D eigenvalue weighted by molar-refractivity contribution is -0.122. The lowest BCUT2D eigenvalue weighted by Crippen LogP contribution is -2.51. The normalized spacial score (nSPS) is 53.2. The molecule has 0 amide bonds. The standard InChI is InChI=1S/C17H25IO/c1-10(6-12(19)9-18)14-15(2,3)7-11-4-5-16(11)13-8-17(13,14)16/h10-11,13-14H,4-9H2,1-3H3/t10?,11-,13?,14?,16-,17-/m1/s1. The van der Waals surface area contributed by atoms with Crippen LogP contribution in [0, 0.1) is 39.9 Å². The first-order valence-electron chi connectivity index (χ1n) is 7.98. The van der Waals surface area contributed by atoms with Gasteiger partial charge in [0.1, 0.15) is 5.78 Å². The van der Waals surface area contributed by atoms with Crippen LogP contribution in [0.1, 0.15) is 52.9 Å². The Bertz CT molecular complexity index is 456.